The molecule has 14 nitrogen and oxygen atoms in total. The Labute approximate surface area is 335 Å². The van der Waals surface area contributed by atoms with Gasteiger partial charge in [-0.25, -0.2) is 14.8 Å². The van der Waals surface area contributed by atoms with Gasteiger partial charge in [-0.05, 0) is 86.2 Å². The van der Waals surface area contributed by atoms with Crippen molar-refractivity contribution in [3.8, 4) is 17.2 Å². The van der Waals surface area contributed by atoms with Crippen molar-refractivity contribution in [1.29, 1.82) is 0 Å². The van der Waals surface area contributed by atoms with Crippen LogP contribution in [0.1, 0.15) is 78.2 Å². The van der Waals surface area contributed by atoms with Crippen molar-refractivity contribution >= 4 is 28.6 Å². The number of aromatic nitrogens is 2. The van der Waals surface area contributed by atoms with Gasteiger partial charge in [0.1, 0.15) is 63.9 Å². The molecule has 5 aromatic rings. The van der Waals surface area contributed by atoms with E-state index >= 15 is 0 Å². The molecule has 2 aliphatic rings. The minimum atomic E-state index is -1.32. The summed E-state index contributed by atoms with van der Waals surface area (Å²) in [6, 6.07) is 13.0. The molecule has 0 saturated carbocycles. The summed E-state index contributed by atoms with van der Waals surface area (Å²) in [6.07, 6.45) is 5.11. The molecule has 0 fully saturated rings. The number of carbonyl (C=O) groups excluding carboxylic acids is 1. The van der Waals surface area contributed by atoms with E-state index in [1.165, 1.54) is 6.07 Å². The molecule has 7 rings (SSSR count). The first-order valence-electron chi connectivity index (χ1n) is 19.5. The summed E-state index contributed by atoms with van der Waals surface area (Å²) in [7, 11) is 0. The number of phenolic OH excluding ortho intramolecular Hbond substituents is 2. The Morgan fingerprint density at radius 2 is 1.93 bits per heavy atom. The number of pyridine rings is 2. The first kappa shape index (κ1) is 40.2. The van der Waals surface area contributed by atoms with Crippen LogP contribution in [-0.2, 0) is 35.4 Å². The van der Waals surface area contributed by atoms with Crippen molar-refractivity contribution in [2.24, 2.45) is 5.92 Å². The normalized spacial score (nSPS) is 20.8. The lowest BCUT2D eigenvalue weighted by atomic mass is 9.69. The maximum atomic E-state index is 14.0. The smallest absolute Gasteiger partial charge is 0.335 e. The number of hydrogen-bond acceptors (Lipinski definition) is 14. The van der Waals surface area contributed by atoms with Crippen LogP contribution < -0.4 is 26.9 Å². The monoisotopic (exact) mass is 791 g/mol. The maximum Gasteiger partial charge on any atom is 0.335 e. The van der Waals surface area contributed by atoms with Crippen molar-refractivity contribution < 1.29 is 39.1 Å². The maximum absolute atomic E-state index is 14.0. The van der Waals surface area contributed by atoms with Crippen LogP contribution in [0.15, 0.2) is 81.8 Å². The third-order valence-corrected chi connectivity index (χ3v) is 11.8. The lowest BCUT2D eigenvalue weighted by Gasteiger charge is -2.48. The molecule has 0 amide bonds. The van der Waals surface area contributed by atoms with Crippen LogP contribution in [0.3, 0.4) is 0 Å². The van der Waals surface area contributed by atoms with Gasteiger partial charge in [0.05, 0.1) is 6.61 Å². The topological polar surface area (TPSA) is 237 Å². The summed E-state index contributed by atoms with van der Waals surface area (Å²) in [5, 5.41) is 47.5. The number of nitrogens with zero attached hydrogens (tertiary/aromatic N) is 2. The molecule has 5 atom stereocenters. The summed E-state index contributed by atoms with van der Waals surface area (Å²) < 4.78 is 20.1. The minimum absolute atomic E-state index is 0.0277. The number of hydrogen-bond donors (Lipinski definition) is 7. The summed E-state index contributed by atoms with van der Waals surface area (Å²) >= 11 is 0. The van der Waals surface area contributed by atoms with Gasteiger partial charge in [-0.3, -0.25) is 4.79 Å². The number of fused-ring (bicyclic) bond motifs is 4. The first-order chi connectivity index (χ1) is 27.9. The summed E-state index contributed by atoms with van der Waals surface area (Å²) in [5.41, 5.74) is 14.4. The average molecular weight is 792 g/mol. The van der Waals surface area contributed by atoms with E-state index in [0.29, 0.717) is 59.5 Å². The van der Waals surface area contributed by atoms with E-state index in [0.717, 1.165) is 11.6 Å². The fourth-order valence-corrected chi connectivity index (χ4v) is 8.65. The number of esters is 1. The molecular weight excluding hydrogens is 743 g/mol. The number of aliphatic hydroxyl groups excluding tert-OH is 2. The predicted molar refractivity (Wildman–Crippen MR) is 218 cm³/mol. The second kappa shape index (κ2) is 16.5. The second-order valence-electron chi connectivity index (χ2n) is 15.1. The molecule has 0 saturated heterocycles. The molecular formula is C44H49N5O9. The summed E-state index contributed by atoms with van der Waals surface area (Å²) in [4.78, 5) is 36.9. The van der Waals surface area contributed by atoms with Crippen LogP contribution in [0, 0.1) is 5.92 Å². The number of likely N-dealkylation sites (N-methyl/N-ethyl adjacent to an activating group) is 1. The average Bonchev–Trinajstić information content (AvgIpc) is 3.20. The molecule has 5 heterocycles. The van der Waals surface area contributed by atoms with Gasteiger partial charge in [-0.15, -0.1) is 0 Å². The van der Waals surface area contributed by atoms with Crippen molar-refractivity contribution in [1.82, 2.24) is 15.3 Å². The number of benzene rings is 2. The van der Waals surface area contributed by atoms with E-state index in [1.54, 1.807) is 55.7 Å². The predicted octanol–water partition coefficient (Wildman–Crippen LogP) is 4.53. The SMILES string of the molecule is C/C=C(/CNCC)C(=O)O[C@@H]1Cc2c3c(c4oc(CO)cc(=O)c4c2O)[C@@H]([C@H](CO)c2cccc(O)c2)c2ccnc(N)c2CC[C@@H](Cc2ccc(N)nc2)[C@]1(C)O3. The molecule has 0 spiro atoms. The quantitative estimate of drug-likeness (QED) is 0.0720. The Morgan fingerprint density at radius 3 is 2.62 bits per heavy atom. The van der Waals surface area contributed by atoms with E-state index in [2.05, 4.69) is 15.3 Å². The van der Waals surface area contributed by atoms with Crippen molar-refractivity contribution in [2.45, 2.75) is 76.6 Å². The van der Waals surface area contributed by atoms with E-state index in [9.17, 15) is 30.0 Å². The van der Waals surface area contributed by atoms with Gasteiger partial charge < -0.3 is 51.1 Å². The van der Waals surface area contributed by atoms with Crippen LogP contribution in [-0.4, -0.2) is 67.8 Å². The van der Waals surface area contributed by atoms with Crippen LogP contribution in [0.25, 0.3) is 11.0 Å². The third kappa shape index (κ3) is 7.34. The van der Waals surface area contributed by atoms with Crippen molar-refractivity contribution in [2.75, 3.05) is 31.2 Å². The summed E-state index contributed by atoms with van der Waals surface area (Å²) in [6.45, 7) is 5.39. The van der Waals surface area contributed by atoms with E-state index in [1.807, 2.05) is 19.9 Å². The fraction of sp³-hybridized carbons (Fsp3) is 0.364. The van der Waals surface area contributed by atoms with Crippen molar-refractivity contribution in [3.63, 3.8) is 0 Å². The van der Waals surface area contributed by atoms with Crippen LogP contribution >= 0.6 is 0 Å². The molecule has 304 valence electrons. The van der Waals surface area contributed by atoms with Gasteiger partial charge >= 0.3 is 5.97 Å². The molecule has 3 aromatic heterocycles. The number of carbonyl (C=O) groups is 1. The molecule has 14 heteroatoms. The highest BCUT2D eigenvalue weighted by Crippen LogP contribution is 2.56. The number of allylic oxidation sites excluding steroid dienone is 1. The minimum Gasteiger partial charge on any atom is -0.508 e. The number of aliphatic hydroxyl groups is 2. The number of nitrogens with one attached hydrogen (secondary N) is 1. The highest BCUT2D eigenvalue weighted by atomic mass is 16.6. The molecule has 2 bridgehead atoms. The number of phenols is 2. The molecule has 0 unspecified atom stereocenters. The van der Waals surface area contributed by atoms with Crippen LogP contribution in [0.5, 0.6) is 17.2 Å². The molecule has 2 aliphatic heterocycles. The lowest BCUT2D eigenvalue weighted by molar-refractivity contribution is -0.165. The highest BCUT2D eigenvalue weighted by molar-refractivity contribution is 5.92. The zero-order valence-corrected chi connectivity index (χ0v) is 32.7. The summed E-state index contributed by atoms with van der Waals surface area (Å²) in [5.74, 6) is -2.41. The van der Waals surface area contributed by atoms with Crippen molar-refractivity contribution in [3.05, 3.63) is 122 Å². The molecule has 0 radical (unpaired) electrons. The highest BCUT2D eigenvalue weighted by Gasteiger charge is 2.52. The first-order valence-corrected chi connectivity index (χ1v) is 19.5. The zero-order valence-electron chi connectivity index (χ0n) is 32.7. The second-order valence-corrected chi connectivity index (χ2v) is 15.1. The van der Waals surface area contributed by atoms with E-state index < -0.39 is 59.8 Å². The number of anilines is 2. The van der Waals surface area contributed by atoms with Gasteiger partial charge in [-0.2, -0.15) is 0 Å². The zero-order chi connectivity index (χ0) is 41.3. The van der Waals surface area contributed by atoms with E-state index in [-0.39, 0.29) is 52.6 Å². The van der Waals surface area contributed by atoms with Gasteiger partial charge in [-0.1, -0.05) is 31.2 Å². The number of rotatable bonds is 11. The Kier molecular flexibility index (Phi) is 11.4. The molecule has 9 N–H and O–H groups in total. The van der Waals surface area contributed by atoms with Gasteiger partial charge in [0, 0.05) is 65.9 Å². The third-order valence-electron chi connectivity index (χ3n) is 11.8. The van der Waals surface area contributed by atoms with Crippen LogP contribution in [0.4, 0.5) is 11.6 Å². The fourth-order valence-electron chi connectivity index (χ4n) is 8.65. The van der Waals surface area contributed by atoms with Gasteiger partial charge in [0.15, 0.2) is 5.43 Å². The van der Waals surface area contributed by atoms with Gasteiger partial charge in [0.2, 0.25) is 0 Å². The Bertz CT molecular complexity index is 2430. The number of ether oxygens (including phenoxy) is 2. The number of nitrogens with two attached hydrogens (primary N) is 2. The lowest BCUT2D eigenvalue weighted by Crippen LogP contribution is -2.57. The Hall–Kier alpha value is -5.96. The van der Waals surface area contributed by atoms with E-state index in [4.69, 9.17) is 25.4 Å². The molecule has 0 aliphatic carbocycles. The standard InChI is InChI=1S/C44H49N5O9/c1-4-24(20-47-5-2)43(55)57-34-18-31-39(54)37-33(53)17-28(21-50)56-41(37)38-36(32(22-51)25-7-6-8-27(52)16-25)29-13-14-48-42(46)30(29)11-10-26(44(34,3)58-40(31)38)15-23-9-12-35(45)49-19-23/h4,6-9,12-14,16-17,19,26,32,34,36,47,50-52,54H,5,10-11,15,18,20-22H2,1-3H3,(H2,45,49)(H2,46,48)/b24-4-/t26-,32+,34+,36+,44-/m0/s1. The van der Waals surface area contributed by atoms with Gasteiger partial charge in [0.25, 0.3) is 0 Å². The molecule has 2 aromatic carbocycles. The Morgan fingerprint density at radius 1 is 1.12 bits per heavy atom. The Balaban J connectivity index is 1.57. The number of aromatic hydroxyl groups is 2. The van der Waals surface area contributed by atoms with Crippen LogP contribution in [0.2, 0.25) is 0 Å². The molecule has 58 heavy (non-hydrogen) atoms. The largest absolute Gasteiger partial charge is 0.508 e. The number of nitrogen functional groups attached to an aromatic ring is 2.